The molecule has 0 N–H and O–H groups in total. The van der Waals surface area contributed by atoms with Crippen LogP contribution in [-0.4, -0.2) is 9.97 Å². The summed E-state index contributed by atoms with van der Waals surface area (Å²) in [6.07, 6.45) is 3.42. The summed E-state index contributed by atoms with van der Waals surface area (Å²) in [6.45, 7) is 0. The molecule has 1 heterocycles. The lowest BCUT2D eigenvalue weighted by Crippen LogP contribution is -1.88. The Labute approximate surface area is 116 Å². The highest BCUT2D eigenvalue weighted by Crippen LogP contribution is 2.30. The predicted molar refractivity (Wildman–Crippen MR) is 77.9 cm³/mol. The fraction of sp³-hybridized carbons (Fsp3) is 0. The average Bonchev–Trinajstić information content (AvgIpc) is 2.49. The van der Waals surface area contributed by atoms with Crippen molar-refractivity contribution in [1.82, 2.24) is 9.97 Å². The van der Waals surface area contributed by atoms with Crippen LogP contribution in [0.1, 0.15) is 0 Å². The first-order chi connectivity index (χ1) is 9.34. The van der Waals surface area contributed by atoms with Gasteiger partial charge in [0.1, 0.15) is 0 Å². The molecule has 0 bridgehead atoms. The maximum absolute atomic E-state index is 6.33. The Bertz CT molecular complexity index is 682. The lowest BCUT2D eigenvalue weighted by molar-refractivity contribution is 1.18. The van der Waals surface area contributed by atoms with Crippen LogP contribution in [-0.2, 0) is 0 Å². The van der Waals surface area contributed by atoms with E-state index in [4.69, 9.17) is 11.6 Å². The molecule has 0 unspecified atom stereocenters. The smallest absolute Gasteiger partial charge is 0.160 e. The maximum Gasteiger partial charge on any atom is 0.160 e. The Morgan fingerprint density at radius 2 is 1.47 bits per heavy atom. The van der Waals surface area contributed by atoms with Gasteiger partial charge in [0, 0.05) is 18.0 Å². The molecule has 0 fully saturated rings. The van der Waals surface area contributed by atoms with E-state index in [9.17, 15) is 0 Å². The van der Waals surface area contributed by atoms with E-state index in [1.165, 1.54) is 0 Å². The molecule has 0 atom stereocenters. The summed E-state index contributed by atoms with van der Waals surface area (Å²) in [7, 11) is 0. The van der Waals surface area contributed by atoms with E-state index in [2.05, 4.69) is 22.1 Å². The molecule has 3 rings (SSSR count). The lowest BCUT2D eigenvalue weighted by Gasteiger charge is -2.06. The summed E-state index contributed by atoms with van der Waals surface area (Å²) in [4.78, 5) is 8.43. The average molecular weight is 267 g/mol. The quantitative estimate of drug-likeness (QED) is 0.684. The summed E-state index contributed by atoms with van der Waals surface area (Å²) in [6, 6.07) is 17.9. The van der Waals surface area contributed by atoms with Crippen molar-refractivity contribution in [2.45, 2.75) is 0 Å². The Kier molecular flexibility index (Phi) is 3.25. The van der Waals surface area contributed by atoms with E-state index in [0.717, 1.165) is 16.7 Å². The van der Waals surface area contributed by atoms with Gasteiger partial charge in [0.05, 0.1) is 5.02 Å². The molecule has 0 spiro atoms. The highest BCUT2D eigenvalue weighted by Gasteiger charge is 2.07. The maximum atomic E-state index is 6.33. The van der Waals surface area contributed by atoms with E-state index in [1.54, 1.807) is 18.5 Å². The molecule has 3 aromatic rings. The van der Waals surface area contributed by atoms with Crippen LogP contribution in [0.5, 0.6) is 0 Å². The van der Waals surface area contributed by atoms with Crippen molar-refractivity contribution in [3.8, 4) is 22.5 Å². The molecule has 0 radical (unpaired) electrons. The molecule has 3 heteroatoms. The molecular weight excluding hydrogens is 256 g/mol. The van der Waals surface area contributed by atoms with Crippen molar-refractivity contribution in [2.75, 3.05) is 0 Å². The molecule has 0 aliphatic heterocycles. The van der Waals surface area contributed by atoms with Crippen LogP contribution in [0, 0.1) is 0 Å². The van der Waals surface area contributed by atoms with Gasteiger partial charge in [-0.25, -0.2) is 9.97 Å². The van der Waals surface area contributed by atoms with Crippen LogP contribution in [0.3, 0.4) is 0 Å². The Hall–Kier alpha value is -2.19. The molecule has 1 aromatic heterocycles. The fourth-order valence-corrected chi connectivity index (χ4v) is 2.21. The second-order valence-electron chi connectivity index (χ2n) is 4.13. The van der Waals surface area contributed by atoms with Crippen molar-refractivity contribution in [3.63, 3.8) is 0 Å². The van der Waals surface area contributed by atoms with Crippen LogP contribution in [0.2, 0.25) is 5.02 Å². The normalized spacial score (nSPS) is 10.4. The van der Waals surface area contributed by atoms with E-state index in [1.807, 2.05) is 36.4 Å². The third-order valence-corrected chi connectivity index (χ3v) is 3.20. The van der Waals surface area contributed by atoms with Gasteiger partial charge in [0.15, 0.2) is 5.82 Å². The topological polar surface area (TPSA) is 25.8 Å². The lowest BCUT2D eigenvalue weighted by atomic mass is 10.0. The number of aromatic nitrogens is 2. The molecule has 92 valence electrons. The molecule has 0 saturated heterocycles. The SMILES string of the molecule is Clc1cc(-c2ccccc2)ccc1-c1ncccn1. The molecule has 0 amide bonds. The van der Waals surface area contributed by atoms with Crippen molar-refractivity contribution >= 4 is 11.6 Å². The third-order valence-electron chi connectivity index (χ3n) is 2.88. The van der Waals surface area contributed by atoms with E-state index in [-0.39, 0.29) is 0 Å². The van der Waals surface area contributed by atoms with Gasteiger partial charge in [-0.1, -0.05) is 48.0 Å². The number of rotatable bonds is 2. The minimum Gasteiger partial charge on any atom is -0.237 e. The zero-order chi connectivity index (χ0) is 13.1. The Morgan fingerprint density at radius 1 is 0.737 bits per heavy atom. The fourth-order valence-electron chi connectivity index (χ4n) is 1.94. The van der Waals surface area contributed by atoms with E-state index < -0.39 is 0 Å². The molecular formula is C16H11ClN2. The molecule has 0 saturated carbocycles. The van der Waals surface area contributed by atoms with Gasteiger partial charge in [-0.05, 0) is 29.3 Å². The Balaban J connectivity index is 2.04. The summed E-state index contributed by atoms with van der Waals surface area (Å²) < 4.78 is 0. The van der Waals surface area contributed by atoms with Gasteiger partial charge in [-0.3, -0.25) is 0 Å². The van der Waals surface area contributed by atoms with Crippen LogP contribution in [0.25, 0.3) is 22.5 Å². The summed E-state index contributed by atoms with van der Waals surface area (Å²) in [5.74, 6) is 0.645. The summed E-state index contributed by atoms with van der Waals surface area (Å²) in [5.41, 5.74) is 3.08. The van der Waals surface area contributed by atoms with Crippen molar-refractivity contribution in [2.24, 2.45) is 0 Å². The van der Waals surface area contributed by atoms with E-state index in [0.29, 0.717) is 10.8 Å². The van der Waals surface area contributed by atoms with E-state index >= 15 is 0 Å². The first kappa shape index (κ1) is 11.9. The van der Waals surface area contributed by atoms with Gasteiger partial charge in [-0.2, -0.15) is 0 Å². The Morgan fingerprint density at radius 3 is 2.16 bits per heavy atom. The summed E-state index contributed by atoms with van der Waals surface area (Å²) >= 11 is 6.33. The first-order valence-corrected chi connectivity index (χ1v) is 6.35. The van der Waals surface area contributed by atoms with Crippen LogP contribution < -0.4 is 0 Å². The highest BCUT2D eigenvalue weighted by molar-refractivity contribution is 6.33. The zero-order valence-corrected chi connectivity index (χ0v) is 10.9. The van der Waals surface area contributed by atoms with Crippen molar-refractivity contribution in [3.05, 3.63) is 72.0 Å². The second kappa shape index (κ2) is 5.21. The third kappa shape index (κ3) is 2.49. The highest BCUT2D eigenvalue weighted by atomic mass is 35.5. The summed E-state index contributed by atoms with van der Waals surface area (Å²) in [5, 5.41) is 0.660. The number of hydrogen-bond acceptors (Lipinski definition) is 2. The minimum atomic E-state index is 0.645. The molecule has 2 nitrogen and oxygen atoms in total. The van der Waals surface area contributed by atoms with Gasteiger partial charge >= 0.3 is 0 Å². The number of hydrogen-bond donors (Lipinski definition) is 0. The van der Waals surface area contributed by atoms with Crippen LogP contribution in [0.4, 0.5) is 0 Å². The van der Waals surface area contributed by atoms with Gasteiger partial charge in [0.25, 0.3) is 0 Å². The van der Waals surface area contributed by atoms with Crippen molar-refractivity contribution < 1.29 is 0 Å². The molecule has 0 aliphatic carbocycles. The van der Waals surface area contributed by atoms with Gasteiger partial charge in [-0.15, -0.1) is 0 Å². The standard InChI is InChI=1S/C16H11ClN2/c17-15-11-13(12-5-2-1-3-6-12)7-8-14(15)16-18-9-4-10-19-16/h1-11H. The monoisotopic (exact) mass is 266 g/mol. The number of halogens is 1. The molecule has 2 aromatic carbocycles. The predicted octanol–water partition coefficient (Wildman–Crippen LogP) is 4.46. The number of nitrogens with zero attached hydrogens (tertiary/aromatic N) is 2. The second-order valence-corrected chi connectivity index (χ2v) is 4.54. The minimum absolute atomic E-state index is 0.645. The first-order valence-electron chi connectivity index (χ1n) is 5.97. The largest absolute Gasteiger partial charge is 0.237 e. The van der Waals surface area contributed by atoms with Crippen LogP contribution >= 0.6 is 11.6 Å². The van der Waals surface area contributed by atoms with Crippen molar-refractivity contribution in [1.29, 1.82) is 0 Å². The molecule has 19 heavy (non-hydrogen) atoms. The number of benzene rings is 2. The van der Waals surface area contributed by atoms with Crippen LogP contribution in [0.15, 0.2) is 67.0 Å². The molecule has 0 aliphatic rings. The van der Waals surface area contributed by atoms with Gasteiger partial charge in [0.2, 0.25) is 0 Å². The zero-order valence-electron chi connectivity index (χ0n) is 10.1. The van der Waals surface area contributed by atoms with Gasteiger partial charge < -0.3 is 0 Å².